The van der Waals surface area contributed by atoms with Crippen molar-refractivity contribution < 1.29 is 14.7 Å². The quantitative estimate of drug-likeness (QED) is 0.788. The molecule has 0 aromatic heterocycles. The number of carbonyl (C=O) groups is 2. The zero-order valence-corrected chi connectivity index (χ0v) is 11.5. The highest BCUT2D eigenvalue weighted by Crippen LogP contribution is 2.30. The first-order chi connectivity index (χ1) is 8.31. The lowest BCUT2D eigenvalue weighted by Crippen LogP contribution is -2.54. The number of piperidine rings is 1. The summed E-state index contributed by atoms with van der Waals surface area (Å²) in [5.74, 6) is -0.829. The van der Waals surface area contributed by atoms with Gasteiger partial charge in [-0.15, -0.1) is 0 Å². The summed E-state index contributed by atoms with van der Waals surface area (Å²) in [6.07, 6.45) is 2.18. The molecule has 5 nitrogen and oxygen atoms in total. The summed E-state index contributed by atoms with van der Waals surface area (Å²) in [5, 5.41) is 9.22. The van der Waals surface area contributed by atoms with Crippen LogP contribution in [0.2, 0.25) is 0 Å². The van der Waals surface area contributed by atoms with Gasteiger partial charge in [-0.05, 0) is 25.7 Å². The number of carboxylic acids is 1. The lowest BCUT2D eigenvalue weighted by Gasteiger charge is -2.39. The summed E-state index contributed by atoms with van der Waals surface area (Å²) in [6, 6.07) is -0.522. The normalized spacial score (nSPS) is 27.7. The molecule has 18 heavy (non-hydrogen) atoms. The van der Waals surface area contributed by atoms with Crippen LogP contribution in [0, 0.1) is 11.3 Å². The molecule has 2 unspecified atom stereocenters. The Morgan fingerprint density at radius 2 is 2.11 bits per heavy atom. The van der Waals surface area contributed by atoms with Gasteiger partial charge in [0, 0.05) is 13.1 Å². The Hall–Kier alpha value is -1.10. The van der Waals surface area contributed by atoms with Crippen LogP contribution in [0.25, 0.3) is 0 Å². The molecule has 1 heterocycles. The van der Waals surface area contributed by atoms with E-state index in [1.807, 2.05) is 13.8 Å². The van der Waals surface area contributed by atoms with Crippen molar-refractivity contribution in [3.8, 4) is 0 Å². The monoisotopic (exact) mass is 256 g/mol. The van der Waals surface area contributed by atoms with Crippen LogP contribution in [-0.4, -0.2) is 41.0 Å². The van der Waals surface area contributed by atoms with Crippen LogP contribution in [0.4, 0.5) is 0 Å². The molecule has 3 atom stereocenters. The smallest absolute Gasteiger partial charge is 0.311 e. The van der Waals surface area contributed by atoms with Gasteiger partial charge in [0.2, 0.25) is 5.91 Å². The lowest BCUT2D eigenvalue weighted by atomic mass is 9.81. The number of amides is 1. The number of carboxylic acid groups (broad SMARTS) is 1. The van der Waals surface area contributed by atoms with Crippen molar-refractivity contribution in [3.05, 3.63) is 0 Å². The Labute approximate surface area is 108 Å². The van der Waals surface area contributed by atoms with Crippen LogP contribution in [0.3, 0.4) is 0 Å². The van der Waals surface area contributed by atoms with E-state index < -0.39 is 17.4 Å². The fraction of sp³-hybridized carbons (Fsp3) is 0.846. The Bertz CT molecular complexity index is 332. The first-order valence-electron chi connectivity index (χ1n) is 6.59. The summed E-state index contributed by atoms with van der Waals surface area (Å²) < 4.78 is 0. The molecule has 3 N–H and O–H groups in total. The molecule has 0 aliphatic carbocycles. The van der Waals surface area contributed by atoms with Gasteiger partial charge < -0.3 is 15.7 Å². The first-order valence-corrected chi connectivity index (χ1v) is 6.59. The van der Waals surface area contributed by atoms with Gasteiger partial charge in [-0.25, -0.2) is 0 Å². The highest BCUT2D eigenvalue weighted by Gasteiger charge is 2.40. The van der Waals surface area contributed by atoms with Crippen LogP contribution in [0.15, 0.2) is 0 Å². The molecule has 1 saturated heterocycles. The number of nitrogens with zero attached hydrogens (tertiary/aromatic N) is 1. The first kappa shape index (κ1) is 15.0. The number of aliphatic carboxylic acids is 1. The Morgan fingerprint density at radius 1 is 1.50 bits per heavy atom. The average Bonchev–Trinajstić information content (AvgIpc) is 2.35. The summed E-state index contributed by atoms with van der Waals surface area (Å²) in [5.41, 5.74) is 5.10. The van der Waals surface area contributed by atoms with Crippen molar-refractivity contribution in [1.29, 1.82) is 0 Å². The SMILES string of the molecule is CCC(C)[C@H](N)C(=O)N1CCCC(C)(C(=O)O)C1. The predicted octanol–water partition coefficient (Wildman–Crippen LogP) is 1.07. The lowest BCUT2D eigenvalue weighted by molar-refractivity contribution is -0.154. The van der Waals surface area contributed by atoms with Gasteiger partial charge in [0.15, 0.2) is 0 Å². The summed E-state index contributed by atoms with van der Waals surface area (Å²) >= 11 is 0. The van der Waals surface area contributed by atoms with Crippen molar-refractivity contribution in [1.82, 2.24) is 4.90 Å². The Balaban J connectivity index is 2.72. The zero-order chi connectivity index (χ0) is 13.9. The molecule has 104 valence electrons. The van der Waals surface area contributed by atoms with Gasteiger partial charge in [-0.3, -0.25) is 9.59 Å². The van der Waals surface area contributed by atoms with Crippen LogP contribution in [0.5, 0.6) is 0 Å². The van der Waals surface area contributed by atoms with E-state index in [9.17, 15) is 14.7 Å². The highest BCUT2D eigenvalue weighted by atomic mass is 16.4. The van der Waals surface area contributed by atoms with Crippen molar-refractivity contribution >= 4 is 11.9 Å². The highest BCUT2D eigenvalue weighted by molar-refractivity contribution is 5.83. The van der Waals surface area contributed by atoms with Crippen molar-refractivity contribution in [2.75, 3.05) is 13.1 Å². The van der Waals surface area contributed by atoms with E-state index in [-0.39, 0.29) is 18.4 Å². The van der Waals surface area contributed by atoms with Crippen molar-refractivity contribution in [2.24, 2.45) is 17.1 Å². The minimum Gasteiger partial charge on any atom is -0.481 e. The fourth-order valence-corrected chi connectivity index (χ4v) is 2.31. The van der Waals surface area contributed by atoms with Crippen LogP contribution in [0.1, 0.15) is 40.0 Å². The topological polar surface area (TPSA) is 83.6 Å². The number of hydrogen-bond donors (Lipinski definition) is 2. The van der Waals surface area contributed by atoms with Gasteiger partial charge in [0.1, 0.15) is 0 Å². The molecule has 0 aromatic carbocycles. The number of carbonyl (C=O) groups excluding carboxylic acids is 1. The standard InChI is InChI=1S/C13H24N2O3/c1-4-9(2)10(14)11(16)15-7-5-6-13(3,8-15)12(17)18/h9-10H,4-8,14H2,1-3H3,(H,17,18)/t9?,10-,13?/m0/s1. The third-order valence-electron chi connectivity index (χ3n) is 4.07. The molecular weight excluding hydrogens is 232 g/mol. The molecule has 1 aliphatic heterocycles. The largest absolute Gasteiger partial charge is 0.481 e. The Morgan fingerprint density at radius 3 is 2.61 bits per heavy atom. The second-order valence-electron chi connectivity index (χ2n) is 5.64. The molecule has 1 amide bonds. The molecule has 0 spiro atoms. The van der Waals surface area contributed by atoms with Crippen LogP contribution in [-0.2, 0) is 9.59 Å². The van der Waals surface area contributed by atoms with Crippen LogP contribution < -0.4 is 5.73 Å². The second kappa shape index (κ2) is 5.69. The maximum atomic E-state index is 12.2. The number of rotatable bonds is 4. The maximum absolute atomic E-state index is 12.2. The fourth-order valence-electron chi connectivity index (χ4n) is 2.31. The van der Waals surface area contributed by atoms with Crippen LogP contribution >= 0.6 is 0 Å². The number of hydrogen-bond acceptors (Lipinski definition) is 3. The van der Waals surface area contributed by atoms with E-state index in [2.05, 4.69) is 0 Å². The molecule has 0 aromatic rings. The molecular formula is C13H24N2O3. The minimum absolute atomic E-state index is 0.114. The van der Waals surface area contributed by atoms with Gasteiger partial charge in [-0.2, -0.15) is 0 Å². The molecule has 1 rings (SSSR count). The number of likely N-dealkylation sites (tertiary alicyclic amines) is 1. The third kappa shape index (κ3) is 3.02. The zero-order valence-electron chi connectivity index (χ0n) is 11.5. The number of nitrogens with two attached hydrogens (primary N) is 1. The van der Waals surface area contributed by atoms with E-state index in [0.717, 1.165) is 12.8 Å². The van der Waals surface area contributed by atoms with Crippen molar-refractivity contribution in [3.63, 3.8) is 0 Å². The maximum Gasteiger partial charge on any atom is 0.311 e. The van der Waals surface area contributed by atoms with E-state index >= 15 is 0 Å². The summed E-state index contributed by atoms with van der Waals surface area (Å²) in [6.45, 7) is 6.53. The predicted molar refractivity (Wildman–Crippen MR) is 69.0 cm³/mol. The van der Waals surface area contributed by atoms with E-state index in [0.29, 0.717) is 13.0 Å². The second-order valence-corrected chi connectivity index (χ2v) is 5.64. The van der Waals surface area contributed by atoms with Gasteiger partial charge in [-0.1, -0.05) is 20.3 Å². The Kier molecular flexibility index (Phi) is 4.73. The van der Waals surface area contributed by atoms with Crippen molar-refractivity contribution in [2.45, 2.75) is 46.1 Å². The molecule has 1 fully saturated rings. The van der Waals surface area contributed by atoms with E-state index in [1.54, 1.807) is 11.8 Å². The van der Waals surface area contributed by atoms with Gasteiger partial charge >= 0.3 is 5.97 Å². The van der Waals surface area contributed by atoms with E-state index in [1.165, 1.54) is 0 Å². The molecule has 0 radical (unpaired) electrons. The molecule has 1 aliphatic rings. The summed E-state index contributed by atoms with van der Waals surface area (Å²) in [7, 11) is 0. The minimum atomic E-state index is -0.836. The van der Waals surface area contributed by atoms with Gasteiger partial charge in [0.25, 0.3) is 0 Å². The van der Waals surface area contributed by atoms with E-state index in [4.69, 9.17) is 5.73 Å². The molecule has 0 saturated carbocycles. The van der Waals surface area contributed by atoms with Gasteiger partial charge in [0.05, 0.1) is 11.5 Å². The average molecular weight is 256 g/mol. The molecule has 5 heteroatoms. The molecule has 0 bridgehead atoms. The third-order valence-corrected chi connectivity index (χ3v) is 4.07. The summed E-state index contributed by atoms with van der Waals surface area (Å²) in [4.78, 5) is 25.1.